The SMILES string of the molecule is CC(=O)NC(Cc1c[nH]c2ccccc12)C(=O)Nc1ccc(N2CCOCC2)c(F)c1. The van der Waals surface area contributed by atoms with Crippen LogP contribution in [0.15, 0.2) is 48.7 Å². The maximum atomic E-state index is 14.7. The Morgan fingerprint density at radius 2 is 1.97 bits per heavy atom. The number of para-hydroxylation sites is 1. The summed E-state index contributed by atoms with van der Waals surface area (Å²) < 4.78 is 20.0. The standard InChI is InChI=1S/C23H25FN4O3/c1-15(29)26-21(12-16-14-25-20-5-3-2-4-18(16)20)23(30)27-17-6-7-22(19(24)13-17)28-8-10-31-11-9-28/h2-7,13-14,21,25H,8-12H2,1H3,(H,26,29)(H,27,30). The van der Waals surface area contributed by atoms with Crippen LogP contribution < -0.4 is 15.5 Å². The highest BCUT2D eigenvalue weighted by atomic mass is 19.1. The molecule has 2 aromatic carbocycles. The van der Waals surface area contributed by atoms with Crippen molar-refractivity contribution < 1.29 is 18.7 Å². The van der Waals surface area contributed by atoms with E-state index in [1.54, 1.807) is 12.1 Å². The van der Waals surface area contributed by atoms with Crippen molar-refractivity contribution in [1.29, 1.82) is 0 Å². The number of aromatic nitrogens is 1. The third kappa shape index (κ3) is 4.86. The van der Waals surface area contributed by atoms with E-state index < -0.39 is 17.8 Å². The number of H-pyrrole nitrogens is 1. The van der Waals surface area contributed by atoms with Crippen molar-refractivity contribution in [2.75, 3.05) is 36.5 Å². The zero-order chi connectivity index (χ0) is 21.8. The third-order valence-corrected chi connectivity index (χ3v) is 5.36. The maximum Gasteiger partial charge on any atom is 0.247 e. The van der Waals surface area contributed by atoms with Gasteiger partial charge in [0.15, 0.2) is 0 Å². The maximum absolute atomic E-state index is 14.7. The van der Waals surface area contributed by atoms with Crippen molar-refractivity contribution in [3.8, 4) is 0 Å². The lowest BCUT2D eigenvalue weighted by molar-refractivity contribution is -0.125. The fourth-order valence-electron chi connectivity index (χ4n) is 3.85. The predicted octanol–water partition coefficient (Wildman–Crippen LogP) is 2.83. The van der Waals surface area contributed by atoms with Crippen molar-refractivity contribution in [1.82, 2.24) is 10.3 Å². The summed E-state index contributed by atoms with van der Waals surface area (Å²) in [6.45, 7) is 3.73. The second-order valence-electron chi connectivity index (χ2n) is 7.57. The molecule has 162 valence electrons. The minimum Gasteiger partial charge on any atom is -0.378 e. The predicted molar refractivity (Wildman–Crippen MR) is 118 cm³/mol. The van der Waals surface area contributed by atoms with E-state index in [0.717, 1.165) is 16.5 Å². The molecule has 1 fully saturated rings. The second kappa shape index (κ2) is 9.18. The van der Waals surface area contributed by atoms with Crippen LogP contribution in [0, 0.1) is 5.82 Å². The Balaban J connectivity index is 1.49. The molecule has 1 aliphatic heterocycles. The summed E-state index contributed by atoms with van der Waals surface area (Å²) >= 11 is 0. The summed E-state index contributed by atoms with van der Waals surface area (Å²) in [6, 6.07) is 11.6. The summed E-state index contributed by atoms with van der Waals surface area (Å²) in [6.07, 6.45) is 2.15. The third-order valence-electron chi connectivity index (χ3n) is 5.36. The molecule has 2 amide bonds. The molecule has 1 aromatic heterocycles. The average Bonchev–Trinajstić information content (AvgIpc) is 3.16. The Bertz CT molecular complexity index is 1090. The zero-order valence-electron chi connectivity index (χ0n) is 17.3. The number of carbonyl (C=O) groups excluding carboxylic acids is 2. The van der Waals surface area contributed by atoms with Gasteiger partial charge >= 0.3 is 0 Å². The van der Waals surface area contributed by atoms with Crippen LogP contribution in [-0.4, -0.2) is 49.1 Å². The number of rotatable bonds is 6. The number of hydrogen-bond donors (Lipinski definition) is 3. The number of anilines is 2. The molecule has 0 spiro atoms. The molecule has 7 nitrogen and oxygen atoms in total. The highest BCUT2D eigenvalue weighted by molar-refractivity contribution is 5.97. The van der Waals surface area contributed by atoms with Gasteiger partial charge in [0.2, 0.25) is 11.8 Å². The highest BCUT2D eigenvalue weighted by Crippen LogP contribution is 2.24. The van der Waals surface area contributed by atoms with E-state index in [4.69, 9.17) is 4.74 Å². The molecule has 3 N–H and O–H groups in total. The summed E-state index contributed by atoms with van der Waals surface area (Å²) in [5.74, 6) is -1.12. The van der Waals surface area contributed by atoms with Crippen LogP contribution in [0.1, 0.15) is 12.5 Å². The molecule has 1 atom stereocenters. The first-order chi connectivity index (χ1) is 15.0. The Kier molecular flexibility index (Phi) is 6.18. The number of aromatic amines is 1. The smallest absolute Gasteiger partial charge is 0.247 e. The number of benzene rings is 2. The Morgan fingerprint density at radius 1 is 1.19 bits per heavy atom. The number of nitrogens with one attached hydrogen (secondary N) is 3. The van der Waals surface area contributed by atoms with E-state index in [9.17, 15) is 14.0 Å². The molecule has 2 heterocycles. The van der Waals surface area contributed by atoms with E-state index in [1.807, 2.05) is 35.4 Å². The monoisotopic (exact) mass is 424 g/mol. The van der Waals surface area contributed by atoms with Gasteiger partial charge in [-0.2, -0.15) is 0 Å². The van der Waals surface area contributed by atoms with Crippen LogP contribution in [0.25, 0.3) is 10.9 Å². The molecule has 3 aromatic rings. The van der Waals surface area contributed by atoms with Gasteiger partial charge in [-0.05, 0) is 29.8 Å². The fourth-order valence-corrected chi connectivity index (χ4v) is 3.85. The lowest BCUT2D eigenvalue weighted by atomic mass is 10.0. The number of morpholine rings is 1. The van der Waals surface area contributed by atoms with Crippen molar-refractivity contribution in [3.63, 3.8) is 0 Å². The lowest BCUT2D eigenvalue weighted by Crippen LogP contribution is -2.44. The quantitative estimate of drug-likeness (QED) is 0.568. The second-order valence-corrected chi connectivity index (χ2v) is 7.57. The van der Waals surface area contributed by atoms with Crippen LogP contribution >= 0.6 is 0 Å². The first-order valence-corrected chi connectivity index (χ1v) is 10.3. The molecular formula is C23H25FN4O3. The molecule has 1 unspecified atom stereocenters. The van der Waals surface area contributed by atoms with Crippen LogP contribution in [0.2, 0.25) is 0 Å². The van der Waals surface area contributed by atoms with Gasteiger partial charge in [-0.15, -0.1) is 0 Å². The Hall–Kier alpha value is -3.39. The number of hydrogen-bond acceptors (Lipinski definition) is 4. The highest BCUT2D eigenvalue weighted by Gasteiger charge is 2.22. The summed E-state index contributed by atoms with van der Waals surface area (Å²) in [7, 11) is 0. The van der Waals surface area contributed by atoms with Gasteiger partial charge in [0.1, 0.15) is 11.9 Å². The van der Waals surface area contributed by atoms with Gasteiger partial charge < -0.3 is 25.3 Å². The number of fused-ring (bicyclic) bond motifs is 1. The Labute approximate surface area is 179 Å². The summed E-state index contributed by atoms with van der Waals surface area (Å²) in [4.78, 5) is 29.7. The summed E-state index contributed by atoms with van der Waals surface area (Å²) in [5.41, 5.74) is 2.70. The van der Waals surface area contributed by atoms with Crippen molar-refractivity contribution in [3.05, 3.63) is 60.0 Å². The van der Waals surface area contributed by atoms with Crippen LogP contribution in [0.3, 0.4) is 0 Å². The molecule has 0 radical (unpaired) electrons. The fraction of sp³-hybridized carbons (Fsp3) is 0.304. The number of amides is 2. The van der Waals surface area contributed by atoms with Crippen LogP contribution in [0.4, 0.5) is 15.8 Å². The number of nitrogens with zero attached hydrogens (tertiary/aromatic N) is 1. The van der Waals surface area contributed by atoms with Crippen molar-refractivity contribution >= 4 is 34.1 Å². The van der Waals surface area contributed by atoms with Gasteiger partial charge in [0, 0.05) is 49.2 Å². The first-order valence-electron chi connectivity index (χ1n) is 10.3. The van der Waals surface area contributed by atoms with Gasteiger partial charge in [0.25, 0.3) is 0 Å². The molecule has 1 saturated heterocycles. The number of halogens is 1. The number of ether oxygens (including phenoxy) is 1. The lowest BCUT2D eigenvalue weighted by Gasteiger charge is -2.29. The molecule has 31 heavy (non-hydrogen) atoms. The minimum atomic E-state index is -0.793. The van der Waals surface area contributed by atoms with Gasteiger partial charge in [-0.1, -0.05) is 18.2 Å². The molecule has 0 aliphatic carbocycles. The summed E-state index contributed by atoms with van der Waals surface area (Å²) in [5, 5.41) is 6.42. The van der Waals surface area contributed by atoms with Gasteiger partial charge in [0.05, 0.1) is 18.9 Å². The van der Waals surface area contributed by atoms with Crippen LogP contribution in [-0.2, 0) is 20.7 Å². The molecule has 4 rings (SSSR count). The van der Waals surface area contributed by atoms with E-state index in [-0.39, 0.29) is 5.91 Å². The van der Waals surface area contributed by atoms with E-state index >= 15 is 0 Å². The molecule has 1 aliphatic rings. The molecule has 8 heteroatoms. The van der Waals surface area contributed by atoms with Gasteiger partial charge in [-0.3, -0.25) is 9.59 Å². The first kappa shape index (κ1) is 20.9. The van der Waals surface area contributed by atoms with Crippen molar-refractivity contribution in [2.45, 2.75) is 19.4 Å². The van der Waals surface area contributed by atoms with Gasteiger partial charge in [-0.25, -0.2) is 4.39 Å². The minimum absolute atomic E-state index is 0.309. The zero-order valence-corrected chi connectivity index (χ0v) is 17.3. The average molecular weight is 424 g/mol. The Morgan fingerprint density at radius 3 is 2.71 bits per heavy atom. The molecule has 0 bridgehead atoms. The number of carbonyl (C=O) groups is 2. The van der Waals surface area contributed by atoms with Crippen LogP contribution in [0.5, 0.6) is 0 Å². The molecular weight excluding hydrogens is 399 g/mol. The topological polar surface area (TPSA) is 86.5 Å². The van der Waals surface area contributed by atoms with E-state index in [0.29, 0.717) is 44.1 Å². The normalized spacial score (nSPS) is 15.0. The molecule has 0 saturated carbocycles. The van der Waals surface area contributed by atoms with E-state index in [1.165, 1.54) is 13.0 Å². The van der Waals surface area contributed by atoms with E-state index in [2.05, 4.69) is 15.6 Å². The van der Waals surface area contributed by atoms with Crippen molar-refractivity contribution in [2.24, 2.45) is 0 Å². The largest absolute Gasteiger partial charge is 0.378 e.